The van der Waals surface area contributed by atoms with Gasteiger partial charge in [0, 0.05) is 30.7 Å². The van der Waals surface area contributed by atoms with Gasteiger partial charge in [-0.05, 0) is 37.2 Å². The Morgan fingerprint density at radius 3 is 2.28 bits per heavy atom. The van der Waals surface area contributed by atoms with E-state index in [9.17, 15) is 13.2 Å². The molecular weight excluding hydrogens is 241 g/mol. The van der Waals surface area contributed by atoms with Gasteiger partial charge in [-0.25, -0.2) is 0 Å². The molecule has 5 heteroatoms. The van der Waals surface area contributed by atoms with Crippen LogP contribution in [0.1, 0.15) is 12.0 Å². The smallest absolute Gasteiger partial charge is 0.370 e. The van der Waals surface area contributed by atoms with E-state index in [4.69, 9.17) is 0 Å². The quantitative estimate of drug-likeness (QED) is 0.830. The van der Waals surface area contributed by atoms with Crippen LogP contribution in [0.15, 0.2) is 24.3 Å². The molecule has 1 aromatic rings. The first-order valence-corrected chi connectivity index (χ1v) is 6.12. The van der Waals surface area contributed by atoms with Crippen LogP contribution in [0.2, 0.25) is 0 Å². The molecule has 2 fully saturated rings. The predicted octanol–water partition coefficient (Wildman–Crippen LogP) is 2.51. The van der Waals surface area contributed by atoms with Gasteiger partial charge in [0.1, 0.15) is 0 Å². The normalized spacial score (nSPS) is 22.3. The van der Waals surface area contributed by atoms with E-state index >= 15 is 0 Å². The number of hydrogen-bond donors (Lipinski definition) is 1. The van der Waals surface area contributed by atoms with Crippen LogP contribution in [-0.4, -0.2) is 26.2 Å². The second-order valence-corrected chi connectivity index (χ2v) is 5.33. The van der Waals surface area contributed by atoms with Gasteiger partial charge in [-0.2, -0.15) is 13.2 Å². The lowest BCUT2D eigenvalue weighted by atomic mass is 9.79. The van der Waals surface area contributed by atoms with E-state index in [0.717, 1.165) is 44.0 Å². The highest BCUT2D eigenvalue weighted by atomic mass is 19.4. The maximum absolute atomic E-state index is 12.4. The van der Waals surface area contributed by atoms with Crippen molar-refractivity contribution in [3.8, 4) is 0 Å². The number of rotatable bonds is 1. The average Bonchev–Trinajstić information content (AvgIpc) is 2.75. The molecule has 0 amide bonds. The second kappa shape index (κ2) is 3.88. The number of nitrogens with zero attached hydrogens (tertiary/aromatic N) is 1. The maximum Gasteiger partial charge on any atom is 0.416 e. The van der Waals surface area contributed by atoms with Crippen molar-refractivity contribution in [3.05, 3.63) is 29.8 Å². The molecule has 0 atom stereocenters. The number of alkyl halides is 3. The maximum atomic E-state index is 12.4. The number of benzene rings is 1. The molecule has 2 aliphatic rings. The van der Waals surface area contributed by atoms with Crippen molar-refractivity contribution in [2.45, 2.75) is 12.6 Å². The zero-order valence-electron chi connectivity index (χ0n) is 9.93. The third-order valence-electron chi connectivity index (χ3n) is 3.94. The number of anilines is 1. The van der Waals surface area contributed by atoms with Gasteiger partial charge in [0.2, 0.25) is 0 Å². The van der Waals surface area contributed by atoms with Crippen LogP contribution in [-0.2, 0) is 6.18 Å². The third-order valence-corrected chi connectivity index (χ3v) is 3.94. The van der Waals surface area contributed by atoms with Gasteiger partial charge in [0.05, 0.1) is 5.56 Å². The highest BCUT2D eigenvalue weighted by Gasteiger charge is 2.44. The zero-order valence-corrected chi connectivity index (χ0v) is 9.93. The summed E-state index contributed by atoms with van der Waals surface area (Å²) >= 11 is 0. The fraction of sp³-hybridized carbons (Fsp3) is 0.538. The summed E-state index contributed by atoms with van der Waals surface area (Å²) in [6.07, 6.45) is -3.08. The molecule has 98 valence electrons. The summed E-state index contributed by atoms with van der Waals surface area (Å²) in [5.74, 6) is 0. The molecule has 0 radical (unpaired) electrons. The second-order valence-electron chi connectivity index (χ2n) is 5.33. The Kier molecular flexibility index (Phi) is 2.55. The Morgan fingerprint density at radius 1 is 1.11 bits per heavy atom. The van der Waals surface area contributed by atoms with Gasteiger partial charge in [-0.3, -0.25) is 0 Å². The molecule has 2 saturated heterocycles. The van der Waals surface area contributed by atoms with Gasteiger partial charge >= 0.3 is 6.18 Å². The van der Waals surface area contributed by atoms with Crippen LogP contribution in [0.3, 0.4) is 0 Å². The van der Waals surface area contributed by atoms with Crippen molar-refractivity contribution in [2.75, 3.05) is 31.1 Å². The highest BCUT2D eigenvalue weighted by Crippen LogP contribution is 2.39. The topological polar surface area (TPSA) is 15.3 Å². The van der Waals surface area contributed by atoms with E-state index in [1.165, 1.54) is 6.42 Å². The lowest BCUT2D eigenvalue weighted by Gasteiger charge is -2.49. The largest absolute Gasteiger partial charge is 0.416 e. The van der Waals surface area contributed by atoms with E-state index in [1.54, 1.807) is 12.1 Å². The van der Waals surface area contributed by atoms with Gasteiger partial charge in [0.25, 0.3) is 0 Å². The molecule has 0 unspecified atom stereocenters. The SMILES string of the molecule is FC(F)(F)c1ccc(N2CC3(CCNC3)C2)cc1. The van der Waals surface area contributed by atoms with Crippen molar-refractivity contribution >= 4 is 5.69 Å². The minimum atomic E-state index is -4.25. The highest BCUT2D eigenvalue weighted by molar-refractivity contribution is 5.51. The molecular formula is C13H15F3N2. The van der Waals surface area contributed by atoms with Crippen molar-refractivity contribution in [2.24, 2.45) is 5.41 Å². The van der Waals surface area contributed by atoms with Gasteiger partial charge in [-0.1, -0.05) is 0 Å². The van der Waals surface area contributed by atoms with Crippen molar-refractivity contribution in [1.29, 1.82) is 0 Å². The van der Waals surface area contributed by atoms with Crippen molar-refractivity contribution in [1.82, 2.24) is 5.32 Å². The Balaban J connectivity index is 1.68. The van der Waals surface area contributed by atoms with E-state index in [0.29, 0.717) is 5.41 Å². The Hall–Kier alpha value is -1.23. The fourth-order valence-corrected chi connectivity index (χ4v) is 2.87. The van der Waals surface area contributed by atoms with Crippen LogP contribution >= 0.6 is 0 Å². The summed E-state index contributed by atoms with van der Waals surface area (Å²) in [4.78, 5) is 2.15. The monoisotopic (exact) mass is 256 g/mol. The molecule has 18 heavy (non-hydrogen) atoms. The van der Waals surface area contributed by atoms with Crippen LogP contribution in [0, 0.1) is 5.41 Å². The molecule has 2 heterocycles. The predicted molar refractivity (Wildman–Crippen MR) is 63.6 cm³/mol. The Labute approximate surface area is 104 Å². The third kappa shape index (κ3) is 1.96. The van der Waals surface area contributed by atoms with E-state index in [-0.39, 0.29) is 0 Å². The first-order valence-electron chi connectivity index (χ1n) is 6.12. The fourth-order valence-electron chi connectivity index (χ4n) is 2.87. The van der Waals surface area contributed by atoms with Crippen molar-refractivity contribution < 1.29 is 13.2 Å². The Morgan fingerprint density at radius 2 is 1.78 bits per heavy atom. The standard InChI is InChI=1S/C13H15F3N2/c14-13(15,16)10-1-3-11(4-2-10)18-8-12(9-18)5-6-17-7-12/h1-4,17H,5-9H2. The molecule has 2 nitrogen and oxygen atoms in total. The first kappa shape index (κ1) is 11.8. The zero-order chi connectivity index (χ0) is 12.8. The summed E-state index contributed by atoms with van der Waals surface area (Å²) in [7, 11) is 0. The summed E-state index contributed by atoms with van der Waals surface area (Å²) in [5, 5.41) is 3.34. The first-order chi connectivity index (χ1) is 8.49. The van der Waals surface area contributed by atoms with Gasteiger partial charge in [-0.15, -0.1) is 0 Å². The van der Waals surface area contributed by atoms with E-state index in [2.05, 4.69) is 10.2 Å². The van der Waals surface area contributed by atoms with Crippen LogP contribution in [0.25, 0.3) is 0 Å². The minimum absolute atomic E-state index is 0.364. The molecule has 0 aliphatic carbocycles. The van der Waals surface area contributed by atoms with E-state index in [1.807, 2.05) is 0 Å². The van der Waals surface area contributed by atoms with Gasteiger partial charge in [0.15, 0.2) is 0 Å². The average molecular weight is 256 g/mol. The summed E-state index contributed by atoms with van der Waals surface area (Å²) < 4.78 is 37.3. The molecule has 1 aromatic carbocycles. The number of hydrogen-bond acceptors (Lipinski definition) is 2. The Bertz CT molecular complexity index is 425. The number of halogens is 3. The van der Waals surface area contributed by atoms with Crippen LogP contribution in [0.5, 0.6) is 0 Å². The molecule has 1 N–H and O–H groups in total. The molecule has 0 aromatic heterocycles. The molecule has 3 rings (SSSR count). The molecule has 2 aliphatic heterocycles. The molecule has 0 saturated carbocycles. The van der Waals surface area contributed by atoms with Crippen molar-refractivity contribution in [3.63, 3.8) is 0 Å². The van der Waals surface area contributed by atoms with E-state index < -0.39 is 11.7 Å². The summed E-state index contributed by atoms with van der Waals surface area (Å²) in [5.41, 5.74) is 0.674. The summed E-state index contributed by atoms with van der Waals surface area (Å²) in [6, 6.07) is 5.45. The van der Waals surface area contributed by atoms with Gasteiger partial charge < -0.3 is 10.2 Å². The molecule has 1 spiro atoms. The van der Waals surface area contributed by atoms with Crippen LogP contribution in [0.4, 0.5) is 18.9 Å². The lowest BCUT2D eigenvalue weighted by molar-refractivity contribution is -0.137. The lowest BCUT2D eigenvalue weighted by Crippen LogP contribution is -2.57. The van der Waals surface area contributed by atoms with Crippen LogP contribution < -0.4 is 10.2 Å². The number of nitrogens with one attached hydrogen (secondary N) is 1. The summed E-state index contributed by atoms with van der Waals surface area (Å²) in [6.45, 7) is 3.99. The minimum Gasteiger partial charge on any atom is -0.370 e. The molecule has 0 bridgehead atoms.